The van der Waals surface area contributed by atoms with Crippen LogP contribution in [0, 0.1) is 24.1 Å². The number of anilines is 2. The summed E-state index contributed by atoms with van der Waals surface area (Å²) >= 11 is 0. The van der Waals surface area contributed by atoms with Crippen LogP contribution in [0.3, 0.4) is 0 Å². The minimum Gasteiger partial charge on any atom is -0.371 e. The summed E-state index contributed by atoms with van der Waals surface area (Å²) in [6.07, 6.45) is 3.22. The summed E-state index contributed by atoms with van der Waals surface area (Å²) in [5.41, 5.74) is 2.92. The first-order valence-corrected chi connectivity index (χ1v) is 12.4. The number of hydrogen-bond donors (Lipinski definition) is 1. The van der Waals surface area contributed by atoms with Gasteiger partial charge in [0.15, 0.2) is 0 Å². The molecule has 4 rings (SSSR count). The monoisotopic (exact) mass is 465 g/mol. The molecule has 0 aromatic heterocycles. The van der Waals surface area contributed by atoms with Gasteiger partial charge < -0.3 is 15.1 Å². The lowest BCUT2D eigenvalue weighted by atomic mass is 9.86. The van der Waals surface area contributed by atoms with Crippen LogP contribution in [0.15, 0.2) is 42.5 Å². The largest absolute Gasteiger partial charge is 0.371 e. The highest BCUT2D eigenvalue weighted by molar-refractivity contribution is 5.98. The van der Waals surface area contributed by atoms with Crippen LogP contribution >= 0.6 is 0 Å². The highest BCUT2D eigenvalue weighted by Crippen LogP contribution is 2.34. The van der Waals surface area contributed by atoms with Crippen LogP contribution in [-0.2, 0) is 4.79 Å². The molecule has 2 fully saturated rings. The Balaban J connectivity index is 1.50. The normalized spacial score (nSPS) is 22.0. The van der Waals surface area contributed by atoms with E-state index in [1.54, 1.807) is 24.0 Å². The van der Waals surface area contributed by atoms with E-state index in [1.165, 1.54) is 6.07 Å². The number of rotatable bonds is 5. The van der Waals surface area contributed by atoms with Crippen molar-refractivity contribution < 1.29 is 14.0 Å². The molecule has 0 bridgehead atoms. The Hall–Kier alpha value is -2.89. The predicted molar refractivity (Wildman–Crippen MR) is 135 cm³/mol. The number of likely N-dealkylation sites (tertiary alicyclic amines) is 1. The third-order valence-electron chi connectivity index (χ3n) is 7.39. The molecule has 0 saturated carbocycles. The van der Waals surface area contributed by atoms with Gasteiger partial charge in [0, 0.05) is 37.1 Å². The zero-order valence-corrected chi connectivity index (χ0v) is 20.7. The molecule has 1 N–H and O–H groups in total. The van der Waals surface area contributed by atoms with Crippen LogP contribution in [0.2, 0.25) is 0 Å². The second kappa shape index (κ2) is 9.77. The number of benzene rings is 2. The summed E-state index contributed by atoms with van der Waals surface area (Å²) in [7, 11) is 0. The lowest BCUT2D eigenvalue weighted by molar-refractivity contribution is -0.123. The Labute approximate surface area is 202 Å². The second-order valence-electron chi connectivity index (χ2n) is 10.5. The highest BCUT2D eigenvalue weighted by Gasteiger charge is 2.38. The lowest BCUT2D eigenvalue weighted by Gasteiger charge is -2.40. The molecule has 2 saturated heterocycles. The Morgan fingerprint density at radius 3 is 2.59 bits per heavy atom. The number of hydrogen-bond acceptors (Lipinski definition) is 3. The van der Waals surface area contributed by atoms with Crippen molar-refractivity contribution in [3.63, 3.8) is 0 Å². The minimum atomic E-state index is -0.506. The smallest absolute Gasteiger partial charge is 0.257 e. The van der Waals surface area contributed by atoms with E-state index in [0.717, 1.165) is 37.3 Å². The Bertz CT molecular complexity index is 1050. The molecule has 2 aliphatic rings. The maximum absolute atomic E-state index is 14.5. The first-order valence-electron chi connectivity index (χ1n) is 12.4. The van der Waals surface area contributed by atoms with Gasteiger partial charge in [-0.25, -0.2) is 4.39 Å². The number of carbonyl (C=O) groups excluding carboxylic acids is 2. The van der Waals surface area contributed by atoms with Gasteiger partial charge in [-0.05, 0) is 67.9 Å². The lowest BCUT2D eigenvalue weighted by Crippen LogP contribution is -2.51. The van der Waals surface area contributed by atoms with E-state index in [4.69, 9.17) is 0 Å². The van der Waals surface area contributed by atoms with E-state index >= 15 is 0 Å². The molecule has 0 spiro atoms. The summed E-state index contributed by atoms with van der Waals surface area (Å²) in [4.78, 5) is 30.8. The van der Waals surface area contributed by atoms with Crippen molar-refractivity contribution in [2.45, 2.75) is 59.4 Å². The van der Waals surface area contributed by atoms with Gasteiger partial charge in [0.2, 0.25) is 5.91 Å². The van der Waals surface area contributed by atoms with Crippen molar-refractivity contribution in [3.05, 3.63) is 59.4 Å². The van der Waals surface area contributed by atoms with Gasteiger partial charge in [0.25, 0.3) is 5.91 Å². The van der Waals surface area contributed by atoms with Crippen LogP contribution in [-0.4, -0.2) is 42.4 Å². The van der Waals surface area contributed by atoms with Crippen LogP contribution < -0.4 is 10.2 Å². The van der Waals surface area contributed by atoms with E-state index in [9.17, 15) is 14.0 Å². The van der Waals surface area contributed by atoms with Crippen molar-refractivity contribution in [2.75, 3.05) is 29.9 Å². The van der Waals surface area contributed by atoms with E-state index in [1.807, 2.05) is 25.1 Å². The van der Waals surface area contributed by atoms with Crippen LogP contribution in [0.25, 0.3) is 0 Å². The molecule has 2 heterocycles. The molecule has 2 aromatic carbocycles. The van der Waals surface area contributed by atoms with Gasteiger partial charge in [0.1, 0.15) is 5.82 Å². The minimum absolute atomic E-state index is 0.0755. The molecule has 2 atom stereocenters. The summed E-state index contributed by atoms with van der Waals surface area (Å²) in [5, 5.41) is 3.10. The van der Waals surface area contributed by atoms with Gasteiger partial charge in [0.05, 0.1) is 11.5 Å². The van der Waals surface area contributed by atoms with E-state index in [2.05, 4.69) is 30.1 Å². The van der Waals surface area contributed by atoms with Gasteiger partial charge in [-0.2, -0.15) is 0 Å². The first-order chi connectivity index (χ1) is 16.2. The quantitative estimate of drug-likeness (QED) is 0.622. The molecule has 182 valence electrons. The summed E-state index contributed by atoms with van der Waals surface area (Å²) in [6.45, 7) is 10.8. The van der Waals surface area contributed by atoms with E-state index < -0.39 is 5.82 Å². The van der Waals surface area contributed by atoms with Crippen LogP contribution in [0.4, 0.5) is 15.8 Å². The second-order valence-corrected chi connectivity index (χ2v) is 10.5. The first kappa shape index (κ1) is 24.2. The third kappa shape index (κ3) is 4.96. The molecule has 2 amide bonds. The van der Waals surface area contributed by atoms with Crippen molar-refractivity contribution >= 4 is 23.2 Å². The van der Waals surface area contributed by atoms with E-state index in [-0.39, 0.29) is 29.3 Å². The molecule has 0 aliphatic carbocycles. The van der Waals surface area contributed by atoms with Crippen molar-refractivity contribution in [3.8, 4) is 0 Å². The zero-order chi connectivity index (χ0) is 24.5. The molecule has 0 radical (unpaired) electrons. The fourth-order valence-electron chi connectivity index (χ4n) is 5.51. The Kier molecular flexibility index (Phi) is 6.96. The van der Waals surface area contributed by atoms with Crippen molar-refractivity contribution in [2.24, 2.45) is 11.3 Å². The predicted octanol–water partition coefficient (Wildman–Crippen LogP) is 5.64. The van der Waals surface area contributed by atoms with Gasteiger partial charge in [-0.1, -0.05) is 39.0 Å². The Morgan fingerprint density at radius 2 is 1.91 bits per heavy atom. The summed E-state index contributed by atoms with van der Waals surface area (Å²) < 4.78 is 14.5. The van der Waals surface area contributed by atoms with E-state index in [0.29, 0.717) is 30.4 Å². The molecule has 0 unspecified atom stereocenters. The van der Waals surface area contributed by atoms with Crippen LogP contribution in [0.5, 0.6) is 0 Å². The summed E-state index contributed by atoms with van der Waals surface area (Å²) in [6, 6.07) is 12.4. The van der Waals surface area contributed by atoms with Gasteiger partial charge in [-0.3, -0.25) is 9.59 Å². The molecule has 34 heavy (non-hydrogen) atoms. The van der Waals surface area contributed by atoms with Crippen LogP contribution in [0.1, 0.15) is 62.4 Å². The number of carbonyl (C=O) groups is 2. The van der Waals surface area contributed by atoms with Gasteiger partial charge >= 0.3 is 0 Å². The molecular formula is C28H36FN3O2. The Morgan fingerprint density at radius 1 is 1.15 bits per heavy atom. The topological polar surface area (TPSA) is 52.7 Å². The third-order valence-corrected chi connectivity index (χ3v) is 7.39. The molecule has 2 aliphatic heterocycles. The average Bonchev–Trinajstić information content (AvgIpc) is 3.18. The fourth-order valence-corrected chi connectivity index (χ4v) is 5.51. The number of halogens is 1. The maximum atomic E-state index is 14.5. The average molecular weight is 466 g/mol. The highest BCUT2D eigenvalue weighted by atomic mass is 19.1. The number of piperidine rings is 1. The SMILES string of the molecule is CC[C@H]1[C@@H](C(=O)Nc2cccc(N3CCC(C)(C)C3)c2)CCCN1C(=O)c1c(C)cccc1F. The number of nitrogens with one attached hydrogen (secondary N) is 1. The molecule has 5 nitrogen and oxygen atoms in total. The standard InChI is InChI=1S/C28H36FN3O2/c1-5-24-22(12-8-15-32(24)27(34)25-19(2)9-6-13-23(25)29)26(33)30-20-10-7-11-21(17-20)31-16-14-28(3,4)18-31/h6-7,9-11,13,17,22,24H,5,8,12,14-16,18H2,1-4H3,(H,30,33)/t22-,24-/m0/s1. The number of amides is 2. The maximum Gasteiger partial charge on any atom is 0.257 e. The molecule has 2 aromatic rings. The fraction of sp³-hybridized carbons (Fsp3) is 0.500. The van der Waals surface area contributed by atoms with Crippen molar-refractivity contribution in [1.29, 1.82) is 0 Å². The molecule has 6 heteroatoms. The van der Waals surface area contributed by atoms with Gasteiger partial charge in [-0.15, -0.1) is 0 Å². The number of aryl methyl sites for hydroxylation is 1. The zero-order valence-electron chi connectivity index (χ0n) is 20.7. The molecular weight excluding hydrogens is 429 g/mol. The number of nitrogens with zero attached hydrogens (tertiary/aromatic N) is 2. The summed E-state index contributed by atoms with van der Waals surface area (Å²) in [5.74, 6) is -1.23. The van der Waals surface area contributed by atoms with Crippen molar-refractivity contribution in [1.82, 2.24) is 4.90 Å².